The lowest BCUT2D eigenvalue weighted by molar-refractivity contribution is -0.116. The van der Waals surface area contributed by atoms with Gasteiger partial charge in [-0.2, -0.15) is 4.79 Å². The van der Waals surface area contributed by atoms with Gasteiger partial charge in [-0.1, -0.05) is 6.92 Å². The molecule has 0 atom stereocenters. The quantitative estimate of drug-likeness (QED) is 0.439. The van der Waals surface area contributed by atoms with Gasteiger partial charge in [0.2, 0.25) is 5.91 Å². The molecule has 0 saturated heterocycles. The second kappa shape index (κ2) is 3.70. The molecule has 0 saturated carbocycles. The van der Waals surface area contributed by atoms with E-state index >= 15 is 0 Å². The Morgan fingerprint density at radius 2 is 2.54 bits per heavy atom. The minimum Gasteiger partial charge on any atom is -0.382 e. The summed E-state index contributed by atoms with van der Waals surface area (Å²) in [4.78, 5) is 12.1. The number of hydrogen-bond acceptors (Lipinski definition) is 3. The van der Waals surface area contributed by atoms with Gasteiger partial charge in [0.15, 0.2) is 0 Å². The molecular formula is C7H11N5O. The van der Waals surface area contributed by atoms with Crippen molar-refractivity contribution in [3.8, 4) is 0 Å². The Hall–Kier alpha value is -1.85. The number of aromatic nitrogens is 2. The Balaban J connectivity index is 2.69. The van der Waals surface area contributed by atoms with E-state index in [4.69, 9.17) is 11.1 Å². The number of nitrogens with two attached hydrogens (primary N) is 1. The average molecular weight is 181 g/mol. The van der Waals surface area contributed by atoms with Gasteiger partial charge in [-0.15, -0.1) is 5.10 Å². The van der Waals surface area contributed by atoms with E-state index in [2.05, 4.69) is 10.5 Å². The Kier molecular flexibility index (Phi) is 2.63. The highest BCUT2D eigenvalue weighted by molar-refractivity contribution is 5.93. The predicted octanol–water partition coefficient (Wildman–Crippen LogP) is -0.353. The van der Waals surface area contributed by atoms with E-state index in [9.17, 15) is 4.79 Å². The number of amides is 1. The summed E-state index contributed by atoms with van der Waals surface area (Å²) in [5.74, 6) is -0.261. The van der Waals surface area contributed by atoms with Crippen LogP contribution in [0.1, 0.15) is 19.0 Å². The summed E-state index contributed by atoms with van der Waals surface area (Å²) >= 11 is 0. The zero-order valence-corrected chi connectivity index (χ0v) is 7.24. The van der Waals surface area contributed by atoms with E-state index < -0.39 is 0 Å². The van der Waals surface area contributed by atoms with Gasteiger partial charge in [0, 0.05) is 12.6 Å². The molecule has 0 unspecified atom stereocenters. The molecule has 0 aliphatic heterocycles. The van der Waals surface area contributed by atoms with Gasteiger partial charge in [-0.05, 0) is 6.07 Å². The van der Waals surface area contributed by atoms with Gasteiger partial charge in [-0.3, -0.25) is 10.2 Å². The molecule has 0 fully saturated rings. The van der Waals surface area contributed by atoms with Crippen LogP contribution in [0, 0.1) is 5.41 Å². The normalized spacial score (nSPS) is 9.62. The van der Waals surface area contributed by atoms with Crippen LogP contribution in [0.2, 0.25) is 0 Å². The molecule has 13 heavy (non-hydrogen) atoms. The highest BCUT2D eigenvalue weighted by Crippen LogP contribution is 1.92. The Bertz CT molecular complexity index is 329. The molecule has 1 amide bonds. The molecule has 0 bridgehead atoms. The summed E-state index contributed by atoms with van der Waals surface area (Å²) in [5, 5.41) is 10.9. The van der Waals surface area contributed by atoms with Gasteiger partial charge in [0.25, 0.3) is 0 Å². The SMILES string of the molecule is CCC(=O)Nn1ccc(C(=N)N)n1. The average Bonchev–Trinajstić information content (AvgIpc) is 2.52. The van der Waals surface area contributed by atoms with Crippen molar-refractivity contribution < 1.29 is 4.79 Å². The number of carbonyl (C=O) groups is 1. The lowest BCUT2D eigenvalue weighted by atomic mass is 10.4. The molecule has 6 nitrogen and oxygen atoms in total. The van der Waals surface area contributed by atoms with Crippen LogP contribution in [0.3, 0.4) is 0 Å². The van der Waals surface area contributed by atoms with Gasteiger partial charge in [0.1, 0.15) is 11.5 Å². The van der Waals surface area contributed by atoms with Crippen molar-refractivity contribution in [1.29, 1.82) is 5.41 Å². The molecule has 4 N–H and O–H groups in total. The monoisotopic (exact) mass is 181 g/mol. The van der Waals surface area contributed by atoms with Crippen molar-refractivity contribution >= 4 is 11.7 Å². The fourth-order valence-corrected chi connectivity index (χ4v) is 0.737. The van der Waals surface area contributed by atoms with Crippen molar-refractivity contribution in [2.75, 3.05) is 5.43 Å². The third-order valence-corrected chi connectivity index (χ3v) is 1.43. The van der Waals surface area contributed by atoms with Crippen LogP contribution in [0.15, 0.2) is 12.3 Å². The Morgan fingerprint density at radius 1 is 1.85 bits per heavy atom. The lowest BCUT2D eigenvalue weighted by Crippen LogP contribution is -2.23. The van der Waals surface area contributed by atoms with E-state index in [1.165, 1.54) is 11.0 Å². The van der Waals surface area contributed by atoms with Gasteiger partial charge >= 0.3 is 0 Å². The molecule has 0 spiro atoms. The molecular weight excluding hydrogens is 170 g/mol. The highest BCUT2D eigenvalue weighted by atomic mass is 16.2. The smallest absolute Gasteiger partial charge is 0.239 e. The fourth-order valence-electron chi connectivity index (χ4n) is 0.737. The first kappa shape index (κ1) is 9.24. The first-order valence-corrected chi connectivity index (χ1v) is 3.83. The van der Waals surface area contributed by atoms with Crippen LogP contribution in [-0.2, 0) is 4.79 Å². The van der Waals surface area contributed by atoms with E-state index in [0.29, 0.717) is 12.1 Å². The van der Waals surface area contributed by atoms with Gasteiger partial charge in [0.05, 0.1) is 0 Å². The summed E-state index contributed by atoms with van der Waals surface area (Å²) in [6.45, 7) is 1.74. The maximum atomic E-state index is 10.9. The molecule has 0 aromatic carbocycles. The molecule has 1 aromatic rings. The summed E-state index contributed by atoms with van der Waals surface area (Å²) < 4.78 is 0. The number of nitrogens with one attached hydrogen (secondary N) is 2. The maximum absolute atomic E-state index is 10.9. The van der Waals surface area contributed by atoms with Gasteiger partial charge < -0.3 is 5.73 Å². The molecule has 0 aliphatic rings. The first-order valence-electron chi connectivity index (χ1n) is 3.83. The number of rotatable bonds is 3. The number of nitrogen functional groups attached to an aromatic ring is 1. The Labute approximate surface area is 75.2 Å². The molecule has 1 aromatic heterocycles. The maximum Gasteiger partial charge on any atom is 0.239 e. The van der Waals surface area contributed by atoms with Crippen LogP contribution in [0.5, 0.6) is 0 Å². The Morgan fingerprint density at radius 3 is 3.00 bits per heavy atom. The summed E-state index contributed by atoms with van der Waals surface area (Å²) in [6.07, 6.45) is 1.92. The second-order valence-corrected chi connectivity index (χ2v) is 2.45. The summed E-state index contributed by atoms with van der Waals surface area (Å²) in [5.41, 5.74) is 8.01. The minimum atomic E-state index is -0.141. The molecule has 1 rings (SSSR count). The predicted molar refractivity (Wildman–Crippen MR) is 47.9 cm³/mol. The fraction of sp³-hybridized carbons (Fsp3) is 0.286. The molecule has 1 heterocycles. The molecule has 0 radical (unpaired) electrons. The number of nitrogens with zero attached hydrogens (tertiary/aromatic N) is 2. The lowest BCUT2D eigenvalue weighted by Gasteiger charge is -2.01. The third kappa shape index (κ3) is 2.29. The van der Waals surface area contributed by atoms with Crippen LogP contribution in [0.25, 0.3) is 0 Å². The van der Waals surface area contributed by atoms with Crippen molar-refractivity contribution in [2.45, 2.75) is 13.3 Å². The topological polar surface area (TPSA) is 96.8 Å². The van der Waals surface area contributed by atoms with Crippen LogP contribution < -0.4 is 11.2 Å². The van der Waals surface area contributed by atoms with Crippen molar-refractivity contribution in [2.24, 2.45) is 5.73 Å². The van der Waals surface area contributed by atoms with Crippen molar-refractivity contribution in [3.63, 3.8) is 0 Å². The van der Waals surface area contributed by atoms with Crippen molar-refractivity contribution in [3.05, 3.63) is 18.0 Å². The van der Waals surface area contributed by atoms with Crippen LogP contribution in [-0.4, -0.2) is 21.6 Å². The van der Waals surface area contributed by atoms with E-state index in [1.807, 2.05) is 0 Å². The van der Waals surface area contributed by atoms with Crippen LogP contribution in [0.4, 0.5) is 0 Å². The summed E-state index contributed by atoms with van der Waals surface area (Å²) in [6, 6.07) is 1.55. The molecule has 0 aliphatic carbocycles. The number of hydrogen-bond donors (Lipinski definition) is 3. The highest BCUT2D eigenvalue weighted by Gasteiger charge is 2.02. The summed E-state index contributed by atoms with van der Waals surface area (Å²) in [7, 11) is 0. The van der Waals surface area contributed by atoms with E-state index in [1.54, 1.807) is 13.0 Å². The number of carbonyl (C=O) groups excluding carboxylic acids is 1. The number of amidine groups is 1. The standard InChI is InChI=1S/C7H11N5O/c1-2-6(13)11-12-4-3-5(10-12)7(8)9/h3-4H,2H2,1H3,(H3,8,9)(H,11,13). The zero-order valence-electron chi connectivity index (χ0n) is 7.24. The van der Waals surface area contributed by atoms with Gasteiger partial charge in [-0.25, -0.2) is 5.43 Å². The van der Waals surface area contributed by atoms with E-state index in [-0.39, 0.29) is 11.7 Å². The third-order valence-electron chi connectivity index (χ3n) is 1.43. The molecule has 70 valence electrons. The molecule has 6 heteroatoms. The van der Waals surface area contributed by atoms with Crippen LogP contribution >= 0.6 is 0 Å². The minimum absolute atomic E-state index is 0.121. The van der Waals surface area contributed by atoms with Crippen molar-refractivity contribution in [1.82, 2.24) is 9.89 Å². The first-order chi connectivity index (χ1) is 6.13. The second-order valence-electron chi connectivity index (χ2n) is 2.45. The van der Waals surface area contributed by atoms with E-state index in [0.717, 1.165) is 0 Å². The zero-order chi connectivity index (χ0) is 9.84. The largest absolute Gasteiger partial charge is 0.382 e.